The first kappa shape index (κ1) is 19.9. The van der Waals surface area contributed by atoms with Gasteiger partial charge in [-0.1, -0.05) is 12.1 Å². The molecule has 0 radical (unpaired) electrons. The fraction of sp³-hybridized carbons (Fsp3) is 0.409. The maximum Gasteiger partial charge on any atom is 0.191 e. The zero-order valence-corrected chi connectivity index (χ0v) is 17.0. The Morgan fingerprint density at radius 3 is 2.61 bits per heavy atom. The molecule has 6 nitrogen and oxygen atoms in total. The van der Waals surface area contributed by atoms with Gasteiger partial charge in [0.25, 0.3) is 0 Å². The standard InChI is InChI=1S/C22H29N3O3/c1-5-23-22(24-13-16-6-8-19(26-3)9-7-16)25-14-18-12-21-17(10-15(2)28-21)11-20(18)27-4/h6-9,11-12,15H,5,10,13-14H2,1-4H3,(H2,23,24,25). The molecule has 0 aromatic heterocycles. The molecule has 0 saturated carbocycles. The Bertz CT molecular complexity index is 819. The Labute approximate surface area is 166 Å². The van der Waals surface area contributed by atoms with Gasteiger partial charge in [-0.2, -0.15) is 0 Å². The van der Waals surface area contributed by atoms with Crippen LogP contribution >= 0.6 is 0 Å². The van der Waals surface area contributed by atoms with Crippen LogP contribution in [-0.2, 0) is 19.5 Å². The van der Waals surface area contributed by atoms with E-state index in [2.05, 4.69) is 41.6 Å². The predicted molar refractivity (Wildman–Crippen MR) is 111 cm³/mol. The summed E-state index contributed by atoms with van der Waals surface area (Å²) in [5, 5.41) is 6.67. The van der Waals surface area contributed by atoms with Gasteiger partial charge in [0.05, 0.1) is 20.8 Å². The van der Waals surface area contributed by atoms with Crippen LogP contribution in [0.15, 0.2) is 41.4 Å². The third-order valence-corrected chi connectivity index (χ3v) is 4.67. The summed E-state index contributed by atoms with van der Waals surface area (Å²) in [7, 11) is 3.37. The number of hydrogen-bond acceptors (Lipinski definition) is 4. The molecule has 1 aliphatic heterocycles. The Morgan fingerprint density at radius 2 is 1.93 bits per heavy atom. The number of methoxy groups -OCH3 is 2. The Kier molecular flexibility index (Phi) is 6.63. The van der Waals surface area contributed by atoms with E-state index in [1.54, 1.807) is 14.2 Å². The van der Waals surface area contributed by atoms with Gasteiger partial charge in [0.2, 0.25) is 0 Å². The minimum atomic E-state index is 0.214. The second kappa shape index (κ2) is 9.35. The Morgan fingerprint density at radius 1 is 1.14 bits per heavy atom. The molecular formula is C22H29N3O3. The van der Waals surface area contributed by atoms with Crippen molar-refractivity contribution in [3.8, 4) is 17.2 Å². The minimum absolute atomic E-state index is 0.214. The van der Waals surface area contributed by atoms with Crippen molar-refractivity contribution in [2.24, 2.45) is 4.99 Å². The molecule has 0 amide bonds. The van der Waals surface area contributed by atoms with E-state index in [4.69, 9.17) is 14.2 Å². The number of ether oxygens (including phenoxy) is 3. The van der Waals surface area contributed by atoms with Crippen LogP contribution < -0.4 is 24.8 Å². The zero-order valence-electron chi connectivity index (χ0n) is 17.0. The molecule has 0 aliphatic carbocycles. The minimum Gasteiger partial charge on any atom is -0.497 e. The van der Waals surface area contributed by atoms with E-state index in [0.717, 1.165) is 47.3 Å². The van der Waals surface area contributed by atoms with Gasteiger partial charge >= 0.3 is 0 Å². The molecule has 0 spiro atoms. The maximum atomic E-state index is 5.89. The molecule has 1 aliphatic rings. The van der Waals surface area contributed by atoms with Gasteiger partial charge in [-0.25, -0.2) is 4.99 Å². The summed E-state index contributed by atoms with van der Waals surface area (Å²) in [6, 6.07) is 12.1. The van der Waals surface area contributed by atoms with Gasteiger partial charge < -0.3 is 24.8 Å². The van der Waals surface area contributed by atoms with E-state index in [-0.39, 0.29) is 6.10 Å². The summed E-state index contributed by atoms with van der Waals surface area (Å²) in [4.78, 5) is 4.68. The highest BCUT2D eigenvalue weighted by molar-refractivity contribution is 5.79. The molecule has 0 saturated heterocycles. The van der Waals surface area contributed by atoms with Crippen molar-refractivity contribution < 1.29 is 14.2 Å². The fourth-order valence-electron chi connectivity index (χ4n) is 3.23. The number of nitrogens with zero attached hydrogens (tertiary/aromatic N) is 1. The van der Waals surface area contributed by atoms with Crippen molar-refractivity contribution in [3.63, 3.8) is 0 Å². The molecule has 1 heterocycles. The summed E-state index contributed by atoms with van der Waals surface area (Å²) >= 11 is 0. The summed E-state index contributed by atoms with van der Waals surface area (Å²) in [6.07, 6.45) is 1.14. The van der Waals surface area contributed by atoms with Crippen molar-refractivity contribution in [2.45, 2.75) is 39.5 Å². The first-order chi connectivity index (χ1) is 13.6. The molecule has 2 N–H and O–H groups in total. The van der Waals surface area contributed by atoms with Gasteiger partial charge in [0, 0.05) is 30.6 Å². The monoisotopic (exact) mass is 383 g/mol. The van der Waals surface area contributed by atoms with E-state index >= 15 is 0 Å². The van der Waals surface area contributed by atoms with Crippen LogP contribution in [0, 0.1) is 0 Å². The van der Waals surface area contributed by atoms with Crippen molar-refractivity contribution in [3.05, 3.63) is 53.1 Å². The van der Waals surface area contributed by atoms with Gasteiger partial charge in [0.1, 0.15) is 23.4 Å². The van der Waals surface area contributed by atoms with Crippen LogP contribution in [0.3, 0.4) is 0 Å². The lowest BCUT2D eigenvalue weighted by Gasteiger charge is -2.15. The highest BCUT2D eigenvalue weighted by atomic mass is 16.5. The SMILES string of the molecule is CCNC(=NCc1ccc(OC)cc1)NCc1cc2c(cc1OC)CC(C)O2. The van der Waals surface area contributed by atoms with Crippen LogP contribution in [0.25, 0.3) is 0 Å². The van der Waals surface area contributed by atoms with E-state index in [9.17, 15) is 0 Å². The summed E-state index contributed by atoms with van der Waals surface area (Å²) in [6.45, 7) is 6.11. The number of fused-ring (bicyclic) bond motifs is 1. The third kappa shape index (κ3) is 4.88. The lowest BCUT2D eigenvalue weighted by Crippen LogP contribution is -2.36. The molecule has 1 unspecified atom stereocenters. The zero-order chi connectivity index (χ0) is 19.9. The quantitative estimate of drug-likeness (QED) is 0.567. The molecule has 28 heavy (non-hydrogen) atoms. The number of nitrogens with one attached hydrogen (secondary N) is 2. The first-order valence-electron chi connectivity index (χ1n) is 9.64. The topological polar surface area (TPSA) is 64.1 Å². The van der Waals surface area contributed by atoms with Gasteiger partial charge in [-0.05, 0) is 43.7 Å². The fourth-order valence-corrected chi connectivity index (χ4v) is 3.23. The van der Waals surface area contributed by atoms with Crippen LogP contribution in [0.2, 0.25) is 0 Å². The first-order valence-corrected chi connectivity index (χ1v) is 9.64. The molecule has 150 valence electrons. The van der Waals surface area contributed by atoms with Crippen molar-refractivity contribution in [1.29, 1.82) is 0 Å². The highest BCUT2D eigenvalue weighted by Gasteiger charge is 2.21. The van der Waals surface area contributed by atoms with Gasteiger partial charge in [-0.15, -0.1) is 0 Å². The number of benzene rings is 2. The van der Waals surface area contributed by atoms with Crippen molar-refractivity contribution in [1.82, 2.24) is 10.6 Å². The number of hydrogen-bond donors (Lipinski definition) is 2. The van der Waals surface area contributed by atoms with E-state index in [1.807, 2.05) is 24.3 Å². The molecule has 0 bridgehead atoms. The van der Waals surface area contributed by atoms with Crippen LogP contribution in [0.1, 0.15) is 30.5 Å². The maximum absolute atomic E-state index is 5.89. The second-order valence-electron chi connectivity index (χ2n) is 6.80. The predicted octanol–water partition coefficient (Wildman–Crippen LogP) is 3.28. The largest absolute Gasteiger partial charge is 0.497 e. The van der Waals surface area contributed by atoms with Crippen molar-refractivity contribution in [2.75, 3.05) is 20.8 Å². The highest BCUT2D eigenvalue weighted by Crippen LogP contribution is 2.34. The van der Waals surface area contributed by atoms with Crippen molar-refractivity contribution >= 4 is 5.96 Å². The van der Waals surface area contributed by atoms with Gasteiger partial charge in [0.15, 0.2) is 5.96 Å². The molecule has 2 aromatic carbocycles. The molecule has 6 heteroatoms. The average Bonchev–Trinajstić information content (AvgIpc) is 3.08. The number of aliphatic imine (C=N–C) groups is 1. The normalized spacial score (nSPS) is 15.6. The van der Waals surface area contributed by atoms with Gasteiger partial charge in [-0.3, -0.25) is 0 Å². The number of rotatable bonds is 7. The summed E-state index contributed by atoms with van der Waals surface area (Å²) < 4.78 is 16.7. The van der Waals surface area contributed by atoms with Crippen LogP contribution in [0.4, 0.5) is 0 Å². The van der Waals surface area contributed by atoms with Crippen LogP contribution in [0.5, 0.6) is 17.2 Å². The molecule has 1 atom stereocenters. The number of guanidine groups is 1. The molecule has 0 fully saturated rings. The Balaban J connectivity index is 1.68. The third-order valence-electron chi connectivity index (χ3n) is 4.67. The summed E-state index contributed by atoms with van der Waals surface area (Å²) in [5.41, 5.74) is 3.37. The molecule has 2 aromatic rings. The van der Waals surface area contributed by atoms with E-state index in [1.165, 1.54) is 5.56 Å². The van der Waals surface area contributed by atoms with E-state index in [0.29, 0.717) is 13.1 Å². The lowest BCUT2D eigenvalue weighted by molar-refractivity contribution is 0.254. The van der Waals surface area contributed by atoms with Crippen LogP contribution in [-0.4, -0.2) is 32.8 Å². The molecule has 3 rings (SSSR count). The summed E-state index contributed by atoms with van der Waals surface area (Å²) in [5.74, 6) is 3.42. The lowest BCUT2D eigenvalue weighted by atomic mass is 10.1. The second-order valence-corrected chi connectivity index (χ2v) is 6.80. The van der Waals surface area contributed by atoms with E-state index < -0.39 is 0 Å². The average molecular weight is 383 g/mol. The molecular weight excluding hydrogens is 354 g/mol. The Hall–Kier alpha value is -2.89. The smallest absolute Gasteiger partial charge is 0.191 e.